The van der Waals surface area contributed by atoms with Gasteiger partial charge in [-0.3, -0.25) is 0 Å². The number of hydrogen-bond donors (Lipinski definition) is 1. The molecule has 0 unspecified atom stereocenters. The van der Waals surface area contributed by atoms with E-state index in [0.29, 0.717) is 12.5 Å². The Morgan fingerprint density at radius 3 is 2.47 bits per heavy atom. The highest BCUT2D eigenvalue weighted by Gasteiger charge is 2.06. The van der Waals surface area contributed by atoms with Crippen molar-refractivity contribution in [3.8, 4) is 0 Å². The van der Waals surface area contributed by atoms with Gasteiger partial charge < -0.3 is 10.6 Å². The number of nitrogens with zero attached hydrogens (tertiary/aromatic N) is 3. The van der Waals surface area contributed by atoms with Gasteiger partial charge in [0.15, 0.2) is 0 Å². The molecule has 0 aliphatic rings. The van der Waals surface area contributed by atoms with Crippen LogP contribution < -0.4 is 10.6 Å². The zero-order chi connectivity index (χ0) is 12.3. The zero-order valence-electron chi connectivity index (χ0n) is 10.1. The van der Waals surface area contributed by atoms with Crippen LogP contribution in [0.4, 0.5) is 11.6 Å². The second-order valence-corrected chi connectivity index (χ2v) is 3.93. The smallest absolute Gasteiger partial charge is 0.229 e. The summed E-state index contributed by atoms with van der Waals surface area (Å²) >= 11 is 0. The van der Waals surface area contributed by atoms with Crippen molar-refractivity contribution in [2.45, 2.75) is 13.5 Å². The van der Waals surface area contributed by atoms with Crippen molar-refractivity contribution < 1.29 is 0 Å². The van der Waals surface area contributed by atoms with Gasteiger partial charge in [0.1, 0.15) is 0 Å². The molecule has 88 valence electrons. The average molecular weight is 228 g/mol. The van der Waals surface area contributed by atoms with Gasteiger partial charge in [-0.2, -0.15) is 0 Å². The highest BCUT2D eigenvalue weighted by molar-refractivity contribution is 5.56. The quantitative estimate of drug-likeness (QED) is 0.873. The van der Waals surface area contributed by atoms with E-state index in [-0.39, 0.29) is 0 Å². The van der Waals surface area contributed by atoms with Gasteiger partial charge in [0.25, 0.3) is 0 Å². The predicted octanol–water partition coefficient (Wildman–Crippen LogP) is 2.01. The third-order valence-electron chi connectivity index (χ3n) is 2.64. The Labute approximate surface area is 101 Å². The van der Waals surface area contributed by atoms with Crippen molar-refractivity contribution in [1.82, 2.24) is 9.97 Å². The maximum absolute atomic E-state index is 5.57. The summed E-state index contributed by atoms with van der Waals surface area (Å²) in [5, 5.41) is 0. The predicted molar refractivity (Wildman–Crippen MR) is 69.2 cm³/mol. The molecule has 0 saturated carbocycles. The van der Waals surface area contributed by atoms with Crippen molar-refractivity contribution in [3.63, 3.8) is 0 Å². The first-order valence-corrected chi connectivity index (χ1v) is 5.53. The van der Waals surface area contributed by atoms with E-state index in [1.807, 2.05) is 49.2 Å². The molecule has 4 nitrogen and oxygen atoms in total. The third-order valence-corrected chi connectivity index (χ3v) is 2.64. The van der Waals surface area contributed by atoms with Gasteiger partial charge in [0, 0.05) is 31.2 Å². The second-order valence-electron chi connectivity index (χ2n) is 3.93. The maximum atomic E-state index is 5.57. The molecule has 1 heterocycles. The lowest BCUT2D eigenvalue weighted by atomic mass is 10.2. The highest BCUT2D eigenvalue weighted by Crippen LogP contribution is 2.20. The summed E-state index contributed by atoms with van der Waals surface area (Å²) in [6, 6.07) is 9.96. The van der Waals surface area contributed by atoms with Crippen LogP contribution in [0.25, 0.3) is 0 Å². The Kier molecular flexibility index (Phi) is 3.35. The number of benzene rings is 1. The van der Waals surface area contributed by atoms with Crippen LogP contribution in [-0.2, 0) is 6.54 Å². The van der Waals surface area contributed by atoms with Crippen molar-refractivity contribution in [2.24, 2.45) is 5.73 Å². The lowest BCUT2D eigenvalue weighted by Gasteiger charge is -2.17. The number of hydrogen-bond acceptors (Lipinski definition) is 4. The summed E-state index contributed by atoms with van der Waals surface area (Å²) < 4.78 is 0. The van der Waals surface area contributed by atoms with E-state index >= 15 is 0 Å². The lowest BCUT2D eigenvalue weighted by molar-refractivity contribution is 1.01. The molecule has 2 aromatic rings. The van der Waals surface area contributed by atoms with Crippen LogP contribution in [0.5, 0.6) is 0 Å². The van der Waals surface area contributed by atoms with Gasteiger partial charge in [0.05, 0.1) is 0 Å². The fourth-order valence-corrected chi connectivity index (χ4v) is 1.57. The molecule has 0 amide bonds. The van der Waals surface area contributed by atoms with Crippen LogP contribution in [0, 0.1) is 6.92 Å². The maximum Gasteiger partial charge on any atom is 0.229 e. The summed E-state index contributed by atoms with van der Waals surface area (Å²) in [6.07, 6.45) is 1.77. The van der Waals surface area contributed by atoms with Gasteiger partial charge >= 0.3 is 0 Å². The van der Waals surface area contributed by atoms with Gasteiger partial charge in [0.2, 0.25) is 5.95 Å². The van der Waals surface area contributed by atoms with E-state index < -0.39 is 0 Å². The molecule has 0 saturated heterocycles. The van der Waals surface area contributed by atoms with Crippen LogP contribution in [-0.4, -0.2) is 17.0 Å². The summed E-state index contributed by atoms with van der Waals surface area (Å²) in [7, 11) is 1.95. The fraction of sp³-hybridized carbons (Fsp3) is 0.231. The molecular formula is C13H16N4. The Hall–Kier alpha value is -1.94. The molecule has 1 aromatic heterocycles. The van der Waals surface area contributed by atoms with Crippen molar-refractivity contribution in [2.75, 3.05) is 11.9 Å². The molecular weight excluding hydrogens is 212 g/mol. The molecule has 1 aromatic carbocycles. The van der Waals surface area contributed by atoms with Gasteiger partial charge in [-0.25, -0.2) is 9.97 Å². The van der Waals surface area contributed by atoms with Gasteiger partial charge in [-0.1, -0.05) is 12.1 Å². The summed E-state index contributed by atoms with van der Waals surface area (Å²) in [5.74, 6) is 0.700. The molecule has 0 bridgehead atoms. The minimum atomic E-state index is 0.560. The number of aromatic nitrogens is 2. The summed E-state index contributed by atoms with van der Waals surface area (Å²) in [5.41, 5.74) is 8.69. The summed E-state index contributed by atoms with van der Waals surface area (Å²) in [6.45, 7) is 2.52. The molecule has 0 aliphatic carbocycles. The standard InChI is InChI=1S/C13H16N4/c1-10-7-8-15-13(16-10)17(2)12-5-3-11(9-14)4-6-12/h3-8H,9,14H2,1-2H3. The molecule has 0 radical (unpaired) electrons. The van der Waals surface area contributed by atoms with Crippen molar-refractivity contribution >= 4 is 11.6 Å². The number of nitrogens with two attached hydrogens (primary N) is 1. The minimum absolute atomic E-state index is 0.560. The monoisotopic (exact) mass is 228 g/mol. The van der Waals surface area contributed by atoms with E-state index in [0.717, 1.165) is 16.9 Å². The Morgan fingerprint density at radius 1 is 1.18 bits per heavy atom. The Morgan fingerprint density at radius 2 is 1.88 bits per heavy atom. The van der Waals surface area contributed by atoms with Crippen LogP contribution in [0.3, 0.4) is 0 Å². The SMILES string of the molecule is Cc1ccnc(N(C)c2ccc(CN)cc2)n1. The van der Waals surface area contributed by atoms with Crippen LogP contribution >= 0.6 is 0 Å². The molecule has 2 rings (SSSR count). The molecule has 0 atom stereocenters. The molecule has 17 heavy (non-hydrogen) atoms. The molecule has 0 spiro atoms. The Bertz CT molecular complexity index is 493. The van der Waals surface area contributed by atoms with E-state index in [4.69, 9.17) is 5.73 Å². The van der Waals surface area contributed by atoms with E-state index in [1.54, 1.807) is 6.20 Å². The second kappa shape index (κ2) is 4.93. The van der Waals surface area contributed by atoms with E-state index in [9.17, 15) is 0 Å². The van der Waals surface area contributed by atoms with Gasteiger partial charge in [-0.15, -0.1) is 0 Å². The third kappa shape index (κ3) is 2.60. The van der Waals surface area contributed by atoms with E-state index in [2.05, 4.69) is 9.97 Å². The normalized spacial score (nSPS) is 10.3. The van der Waals surface area contributed by atoms with Crippen molar-refractivity contribution in [1.29, 1.82) is 0 Å². The first-order valence-electron chi connectivity index (χ1n) is 5.53. The molecule has 0 aliphatic heterocycles. The van der Waals surface area contributed by atoms with Crippen LogP contribution in [0.1, 0.15) is 11.3 Å². The minimum Gasteiger partial charge on any atom is -0.326 e. The molecule has 2 N–H and O–H groups in total. The largest absolute Gasteiger partial charge is 0.326 e. The van der Waals surface area contributed by atoms with Gasteiger partial charge in [-0.05, 0) is 30.7 Å². The molecule has 4 heteroatoms. The topological polar surface area (TPSA) is 55.0 Å². The first-order chi connectivity index (χ1) is 8.20. The average Bonchev–Trinajstić information content (AvgIpc) is 2.38. The number of aryl methyl sites for hydroxylation is 1. The highest BCUT2D eigenvalue weighted by atomic mass is 15.2. The lowest BCUT2D eigenvalue weighted by Crippen LogP contribution is -2.13. The van der Waals surface area contributed by atoms with E-state index in [1.165, 1.54) is 0 Å². The zero-order valence-corrected chi connectivity index (χ0v) is 10.1. The van der Waals surface area contributed by atoms with Crippen LogP contribution in [0.2, 0.25) is 0 Å². The Balaban J connectivity index is 2.27. The van der Waals surface area contributed by atoms with Crippen molar-refractivity contribution in [3.05, 3.63) is 47.8 Å². The molecule has 0 fully saturated rings. The number of anilines is 2. The first kappa shape index (κ1) is 11.5. The summed E-state index contributed by atoms with van der Waals surface area (Å²) in [4.78, 5) is 10.6. The fourth-order valence-electron chi connectivity index (χ4n) is 1.57. The van der Waals surface area contributed by atoms with Crippen LogP contribution in [0.15, 0.2) is 36.5 Å². The number of rotatable bonds is 3.